The number of likely N-dealkylation sites (N-methyl/N-ethyl adjacent to an activating group) is 1. The van der Waals surface area contributed by atoms with E-state index < -0.39 is 0 Å². The SMILES string of the molecule is CCc1ccc(CN(C)C(=O)C[NH+]2CCN(c3ccccc3OC)CC2)cc1. The first kappa shape index (κ1) is 20.2. The molecule has 2 aromatic rings. The molecule has 1 heterocycles. The zero-order valence-electron chi connectivity index (χ0n) is 17.3. The molecule has 5 nitrogen and oxygen atoms in total. The van der Waals surface area contributed by atoms with Crippen LogP contribution in [-0.4, -0.2) is 57.7 Å². The van der Waals surface area contributed by atoms with Gasteiger partial charge in [0.15, 0.2) is 6.54 Å². The van der Waals surface area contributed by atoms with Crippen LogP contribution in [0.15, 0.2) is 48.5 Å². The maximum absolute atomic E-state index is 12.7. The molecule has 1 amide bonds. The fourth-order valence-electron chi connectivity index (χ4n) is 3.72. The molecule has 0 bridgehead atoms. The van der Waals surface area contributed by atoms with Gasteiger partial charge in [0.2, 0.25) is 0 Å². The van der Waals surface area contributed by atoms with E-state index in [2.05, 4.69) is 42.2 Å². The average Bonchev–Trinajstić information content (AvgIpc) is 2.74. The topological polar surface area (TPSA) is 37.2 Å². The Balaban J connectivity index is 1.48. The minimum Gasteiger partial charge on any atom is -0.495 e. The van der Waals surface area contributed by atoms with Crippen LogP contribution < -0.4 is 14.5 Å². The van der Waals surface area contributed by atoms with Crippen LogP contribution in [0.3, 0.4) is 0 Å². The minimum absolute atomic E-state index is 0.209. The van der Waals surface area contributed by atoms with Crippen molar-refractivity contribution >= 4 is 11.6 Å². The van der Waals surface area contributed by atoms with Crippen LogP contribution in [0.5, 0.6) is 5.75 Å². The molecule has 0 saturated carbocycles. The van der Waals surface area contributed by atoms with E-state index in [0.717, 1.165) is 44.0 Å². The third-order valence-electron chi connectivity index (χ3n) is 5.57. The Hall–Kier alpha value is -2.53. The number of quaternary nitrogens is 1. The van der Waals surface area contributed by atoms with E-state index >= 15 is 0 Å². The zero-order chi connectivity index (χ0) is 19.9. The van der Waals surface area contributed by atoms with Crippen molar-refractivity contribution in [1.82, 2.24) is 4.90 Å². The Morgan fingerprint density at radius 1 is 1.07 bits per heavy atom. The van der Waals surface area contributed by atoms with Crippen molar-refractivity contribution in [3.8, 4) is 5.75 Å². The highest BCUT2D eigenvalue weighted by Gasteiger charge is 2.25. The molecule has 0 radical (unpaired) electrons. The van der Waals surface area contributed by atoms with Gasteiger partial charge in [-0.05, 0) is 29.7 Å². The van der Waals surface area contributed by atoms with Gasteiger partial charge in [0.25, 0.3) is 5.91 Å². The van der Waals surface area contributed by atoms with Crippen LogP contribution in [0.25, 0.3) is 0 Å². The highest BCUT2D eigenvalue weighted by molar-refractivity contribution is 5.76. The highest BCUT2D eigenvalue weighted by Crippen LogP contribution is 2.27. The van der Waals surface area contributed by atoms with E-state index in [1.807, 2.05) is 30.1 Å². The first-order valence-corrected chi connectivity index (χ1v) is 10.1. The van der Waals surface area contributed by atoms with Gasteiger partial charge in [0.1, 0.15) is 5.75 Å². The van der Waals surface area contributed by atoms with E-state index in [1.165, 1.54) is 16.0 Å². The van der Waals surface area contributed by atoms with Crippen molar-refractivity contribution < 1.29 is 14.4 Å². The average molecular weight is 383 g/mol. The second kappa shape index (κ2) is 9.60. The molecule has 1 aliphatic rings. The summed E-state index contributed by atoms with van der Waals surface area (Å²) in [5.41, 5.74) is 3.65. The lowest BCUT2D eigenvalue weighted by atomic mass is 10.1. The molecule has 3 rings (SSSR count). The van der Waals surface area contributed by atoms with Crippen molar-refractivity contribution in [2.45, 2.75) is 19.9 Å². The predicted molar refractivity (Wildman–Crippen MR) is 113 cm³/mol. The summed E-state index contributed by atoms with van der Waals surface area (Å²) in [6.07, 6.45) is 1.04. The van der Waals surface area contributed by atoms with E-state index in [9.17, 15) is 4.79 Å². The predicted octanol–water partition coefficient (Wildman–Crippen LogP) is 1.62. The molecule has 0 aromatic heterocycles. The molecule has 1 saturated heterocycles. The van der Waals surface area contributed by atoms with Gasteiger partial charge < -0.3 is 19.4 Å². The third kappa shape index (κ3) is 5.04. The van der Waals surface area contributed by atoms with Crippen LogP contribution >= 0.6 is 0 Å². The number of benzene rings is 2. The molecular formula is C23H32N3O2+. The highest BCUT2D eigenvalue weighted by atomic mass is 16.5. The molecule has 0 spiro atoms. The lowest BCUT2D eigenvalue weighted by Crippen LogP contribution is -3.15. The number of rotatable bonds is 7. The third-order valence-corrected chi connectivity index (χ3v) is 5.57. The number of aryl methyl sites for hydroxylation is 1. The number of para-hydroxylation sites is 2. The zero-order valence-corrected chi connectivity index (χ0v) is 17.3. The lowest BCUT2D eigenvalue weighted by molar-refractivity contribution is -0.892. The van der Waals surface area contributed by atoms with E-state index in [-0.39, 0.29) is 5.91 Å². The Kier molecular flexibility index (Phi) is 6.93. The molecule has 5 heteroatoms. The van der Waals surface area contributed by atoms with Crippen LogP contribution in [0.2, 0.25) is 0 Å². The van der Waals surface area contributed by atoms with Gasteiger partial charge in [0, 0.05) is 13.6 Å². The van der Waals surface area contributed by atoms with Crippen molar-refractivity contribution in [3.63, 3.8) is 0 Å². The summed E-state index contributed by atoms with van der Waals surface area (Å²) in [4.78, 5) is 18.2. The molecule has 1 aliphatic heterocycles. The van der Waals surface area contributed by atoms with E-state index in [4.69, 9.17) is 4.74 Å². The maximum Gasteiger partial charge on any atom is 0.277 e. The fraction of sp³-hybridized carbons (Fsp3) is 0.435. The standard InChI is InChI=1S/C23H31N3O2/c1-4-19-9-11-20(12-10-19)17-24(2)23(27)18-25-13-15-26(16-14-25)21-7-5-6-8-22(21)28-3/h5-12H,4,13-18H2,1-3H3/p+1. The van der Waals surface area contributed by atoms with Crippen LogP contribution in [0.1, 0.15) is 18.1 Å². The lowest BCUT2D eigenvalue weighted by Gasteiger charge is -2.34. The number of methoxy groups -OCH3 is 1. The van der Waals surface area contributed by atoms with Gasteiger partial charge in [0.05, 0.1) is 39.0 Å². The van der Waals surface area contributed by atoms with Crippen molar-refractivity contribution in [2.75, 3.05) is 51.8 Å². The van der Waals surface area contributed by atoms with Crippen molar-refractivity contribution in [3.05, 3.63) is 59.7 Å². The molecule has 0 atom stereocenters. The molecule has 0 unspecified atom stereocenters. The number of ether oxygens (including phenoxy) is 1. The summed E-state index contributed by atoms with van der Waals surface area (Å²) in [6.45, 7) is 7.18. The first-order valence-electron chi connectivity index (χ1n) is 10.1. The number of carbonyl (C=O) groups is 1. The summed E-state index contributed by atoms with van der Waals surface area (Å²) < 4.78 is 5.48. The van der Waals surface area contributed by atoms with Crippen LogP contribution in [-0.2, 0) is 17.8 Å². The molecular weight excluding hydrogens is 350 g/mol. The largest absolute Gasteiger partial charge is 0.495 e. The van der Waals surface area contributed by atoms with Gasteiger partial charge in [-0.25, -0.2) is 0 Å². The normalized spacial score (nSPS) is 14.8. The quantitative estimate of drug-likeness (QED) is 0.791. The molecule has 1 fully saturated rings. The van der Waals surface area contributed by atoms with Crippen molar-refractivity contribution in [2.24, 2.45) is 0 Å². The number of amides is 1. The number of nitrogens with one attached hydrogen (secondary N) is 1. The molecule has 1 N–H and O–H groups in total. The van der Waals surface area contributed by atoms with Crippen LogP contribution in [0, 0.1) is 0 Å². The van der Waals surface area contributed by atoms with Gasteiger partial charge in [-0.3, -0.25) is 4.79 Å². The second-order valence-corrected chi connectivity index (χ2v) is 7.51. The Labute approximate surface area is 168 Å². The number of piperazine rings is 1. The minimum atomic E-state index is 0.209. The summed E-state index contributed by atoms with van der Waals surface area (Å²) >= 11 is 0. The molecule has 0 aliphatic carbocycles. The number of anilines is 1. The number of carbonyl (C=O) groups excluding carboxylic acids is 1. The van der Waals surface area contributed by atoms with Gasteiger partial charge in [-0.2, -0.15) is 0 Å². The van der Waals surface area contributed by atoms with E-state index in [1.54, 1.807) is 7.11 Å². The molecule has 2 aromatic carbocycles. The summed E-state index contributed by atoms with van der Waals surface area (Å²) in [7, 11) is 3.62. The number of nitrogens with zero attached hydrogens (tertiary/aromatic N) is 2. The monoisotopic (exact) mass is 382 g/mol. The first-order chi connectivity index (χ1) is 13.6. The molecule has 28 heavy (non-hydrogen) atoms. The van der Waals surface area contributed by atoms with Crippen molar-refractivity contribution in [1.29, 1.82) is 0 Å². The summed E-state index contributed by atoms with van der Waals surface area (Å²) in [6, 6.07) is 16.7. The Bertz CT molecular complexity index is 768. The molecule has 150 valence electrons. The number of hydrogen-bond donors (Lipinski definition) is 1. The number of hydrogen-bond acceptors (Lipinski definition) is 3. The Morgan fingerprint density at radius 3 is 2.36 bits per heavy atom. The summed E-state index contributed by atoms with van der Waals surface area (Å²) in [5, 5.41) is 0. The van der Waals surface area contributed by atoms with Gasteiger partial charge >= 0.3 is 0 Å². The van der Waals surface area contributed by atoms with Crippen LogP contribution in [0.4, 0.5) is 5.69 Å². The van der Waals surface area contributed by atoms with Gasteiger partial charge in [-0.15, -0.1) is 0 Å². The van der Waals surface area contributed by atoms with Gasteiger partial charge in [-0.1, -0.05) is 43.3 Å². The van der Waals surface area contributed by atoms with E-state index in [0.29, 0.717) is 13.1 Å². The Morgan fingerprint density at radius 2 is 1.71 bits per heavy atom. The summed E-state index contributed by atoms with van der Waals surface area (Å²) in [5.74, 6) is 1.12. The second-order valence-electron chi connectivity index (χ2n) is 7.51. The smallest absolute Gasteiger partial charge is 0.277 e. The fourth-order valence-corrected chi connectivity index (χ4v) is 3.72. The maximum atomic E-state index is 12.7.